The van der Waals surface area contributed by atoms with Crippen molar-refractivity contribution in [2.45, 2.75) is 180 Å². The van der Waals surface area contributed by atoms with Crippen molar-refractivity contribution < 1.29 is 37.6 Å². The minimum atomic E-state index is -4.32. The van der Waals surface area contributed by atoms with Crippen LogP contribution < -0.4 is 5.73 Å². The van der Waals surface area contributed by atoms with E-state index in [9.17, 15) is 19.0 Å². The van der Waals surface area contributed by atoms with Gasteiger partial charge in [0.05, 0.1) is 13.2 Å². The number of esters is 2. The van der Waals surface area contributed by atoms with Gasteiger partial charge >= 0.3 is 19.8 Å². The fourth-order valence-corrected chi connectivity index (χ4v) is 5.99. The molecule has 0 saturated carbocycles. The Morgan fingerprint density at radius 1 is 0.636 bits per heavy atom. The molecule has 2 atom stereocenters. The highest BCUT2D eigenvalue weighted by Crippen LogP contribution is 2.43. The molecule has 0 heterocycles. The molecule has 0 amide bonds. The maximum absolute atomic E-state index is 12.1. The molecule has 0 aromatic heterocycles. The van der Waals surface area contributed by atoms with E-state index in [2.05, 4.69) is 11.4 Å². The number of phosphoric acid groups is 1. The lowest BCUT2D eigenvalue weighted by molar-refractivity contribution is -0.159. The second kappa shape index (κ2) is 32.0. The first-order valence-corrected chi connectivity index (χ1v) is 19.4. The van der Waals surface area contributed by atoms with E-state index in [0.29, 0.717) is 0 Å². The van der Waals surface area contributed by atoms with Crippen LogP contribution in [0.5, 0.6) is 0 Å². The van der Waals surface area contributed by atoms with Gasteiger partial charge < -0.3 is 20.1 Å². The lowest BCUT2D eigenvalue weighted by Crippen LogP contribution is -2.28. The molecule has 0 fully saturated rings. The van der Waals surface area contributed by atoms with E-state index in [1.165, 1.54) is 142 Å². The minimum absolute atomic E-state index is 0.0541. The first-order valence-electron chi connectivity index (χ1n) is 18.0. The molecule has 0 aliphatic heterocycles. The third-order valence-electron chi connectivity index (χ3n) is 7.79. The van der Waals surface area contributed by atoms with Crippen molar-refractivity contribution >= 4 is 19.8 Å². The monoisotopic (exact) mass is 649 g/mol. The van der Waals surface area contributed by atoms with Crippen LogP contribution in [-0.4, -0.2) is 49.3 Å². The molecule has 9 nitrogen and oxygen atoms in total. The number of hydrogen-bond acceptors (Lipinski definition) is 8. The molecule has 262 valence electrons. The zero-order valence-corrected chi connectivity index (χ0v) is 29.3. The van der Waals surface area contributed by atoms with E-state index >= 15 is 0 Å². The number of rotatable bonds is 34. The summed E-state index contributed by atoms with van der Waals surface area (Å²) in [5, 5.41) is 0. The highest BCUT2D eigenvalue weighted by atomic mass is 31.2. The largest absolute Gasteiger partial charge is 0.472 e. The number of carbonyl (C=O) groups is 2. The number of carbonyl (C=O) groups excluding carboxylic acids is 2. The molecule has 0 radical (unpaired) electrons. The molecular weight excluding hydrogens is 581 g/mol. The Labute approximate surface area is 269 Å². The van der Waals surface area contributed by atoms with Crippen molar-refractivity contribution in [1.29, 1.82) is 0 Å². The summed E-state index contributed by atoms with van der Waals surface area (Å²) in [6, 6.07) is 0. The topological polar surface area (TPSA) is 134 Å². The molecule has 44 heavy (non-hydrogen) atoms. The standard InChI is InChI=1S/C34H68NO8P/c1-3-4-5-6-7-8-9-10-11-12-13-14-15-16-17-18-19-20-21-22-23-24-25-26-27-34(37)40-30-33(43-32(2)36)31-42-44(38,39)41-29-28-35/h33H,3-31,35H2,1-2H3,(H,38,39)/t33-/m1/s1. The van der Waals surface area contributed by atoms with Crippen LogP contribution in [0.15, 0.2) is 0 Å². The van der Waals surface area contributed by atoms with Gasteiger partial charge in [-0.15, -0.1) is 0 Å². The summed E-state index contributed by atoms with van der Waals surface area (Å²) >= 11 is 0. The van der Waals surface area contributed by atoms with E-state index in [4.69, 9.17) is 19.7 Å². The van der Waals surface area contributed by atoms with E-state index in [1.807, 2.05) is 0 Å². The molecule has 1 unspecified atom stereocenters. The smallest absolute Gasteiger partial charge is 0.462 e. The lowest BCUT2D eigenvalue weighted by Gasteiger charge is -2.19. The number of phosphoric ester groups is 1. The predicted molar refractivity (Wildman–Crippen MR) is 178 cm³/mol. The van der Waals surface area contributed by atoms with Crippen LogP contribution in [-0.2, 0) is 32.7 Å². The molecule has 3 N–H and O–H groups in total. The van der Waals surface area contributed by atoms with E-state index in [0.717, 1.165) is 19.3 Å². The predicted octanol–water partition coefficient (Wildman–Crippen LogP) is 9.33. The Bertz CT molecular complexity index is 709. The quantitative estimate of drug-likeness (QED) is 0.0397. The van der Waals surface area contributed by atoms with E-state index < -0.39 is 32.5 Å². The van der Waals surface area contributed by atoms with Gasteiger partial charge in [-0.05, 0) is 6.42 Å². The molecular formula is C34H68NO8P. The molecule has 0 aromatic carbocycles. The van der Waals surface area contributed by atoms with Crippen molar-refractivity contribution in [3.8, 4) is 0 Å². The number of nitrogens with two attached hydrogens (primary N) is 1. The average molecular weight is 650 g/mol. The number of unbranched alkanes of at least 4 members (excludes halogenated alkanes) is 23. The Hall–Kier alpha value is -0.990. The van der Waals surface area contributed by atoms with Crippen LogP contribution in [0.25, 0.3) is 0 Å². The molecule has 0 saturated heterocycles. The molecule has 0 rings (SSSR count). The van der Waals surface area contributed by atoms with E-state index in [1.54, 1.807) is 0 Å². The van der Waals surface area contributed by atoms with Crippen LogP contribution in [0.4, 0.5) is 0 Å². The van der Waals surface area contributed by atoms with Gasteiger partial charge in [-0.3, -0.25) is 18.6 Å². The average Bonchev–Trinajstić information content (AvgIpc) is 2.99. The van der Waals surface area contributed by atoms with Crippen LogP contribution in [0.1, 0.15) is 174 Å². The second-order valence-corrected chi connectivity index (χ2v) is 13.6. The molecule has 0 aromatic rings. The van der Waals surface area contributed by atoms with Gasteiger partial charge in [-0.2, -0.15) is 0 Å². The van der Waals surface area contributed by atoms with Gasteiger partial charge in [0.25, 0.3) is 0 Å². The van der Waals surface area contributed by atoms with Gasteiger partial charge in [0.1, 0.15) is 6.61 Å². The summed E-state index contributed by atoms with van der Waals surface area (Å²) in [6.07, 6.45) is 31.1. The SMILES string of the molecule is CCCCCCCCCCCCCCCCCCCCCCCCCCC(=O)OC[C@H](COP(=O)(O)OCCN)OC(C)=O. The Morgan fingerprint density at radius 3 is 1.39 bits per heavy atom. The molecule has 0 spiro atoms. The van der Waals surface area contributed by atoms with Crippen molar-refractivity contribution in [2.24, 2.45) is 5.73 Å². The van der Waals surface area contributed by atoms with Crippen molar-refractivity contribution in [3.63, 3.8) is 0 Å². The Morgan fingerprint density at radius 2 is 1.02 bits per heavy atom. The maximum Gasteiger partial charge on any atom is 0.472 e. The van der Waals surface area contributed by atoms with Crippen molar-refractivity contribution in [2.75, 3.05) is 26.4 Å². The first kappa shape index (κ1) is 43.0. The normalized spacial score (nSPS) is 13.5. The first-order chi connectivity index (χ1) is 21.3. The lowest BCUT2D eigenvalue weighted by atomic mass is 10.0. The third-order valence-corrected chi connectivity index (χ3v) is 8.78. The fraction of sp³-hybridized carbons (Fsp3) is 0.941. The van der Waals surface area contributed by atoms with Gasteiger partial charge in [-0.1, -0.05) is 155 Å². The van der Waals surface area contributed by atoms with Gasteiger partial charge in [0.2, 0.25) is 0 Å². The van der Waals surface area contributed by atoms with Crippen LogP contribution in [0, 0.1) is 0 Å². The molecule has 10 heteroatoms. The highest BCUT2D eigenvalue weighted by Gasteiger charge is 2.25. The molecule has 0 aliphatic carbocycles. The van der Waals surface area contributed by atoms with Gasteiger partial charge in [0.15, 0.2) is 6.10 Å². The zero-order valence-electron chi connectivity index (χ0n) is 28.4. The number of ether oxygens (including phenoxy) is 2. The van der Waals surface area contributed by atoms with E-state index in [-0.39, 0.29) is 26.2 Å². The third kappa shape index (κ3) is 32.4. The van der Waals surface area contributed by atoms with Crippen LogP contribution >= 0.6 is 7.82 Å². The Balaban J connectivity index is 3.51. The minimum Gasteiger partial charge on any atom is -0.462 e. The summed E-state index contributed by atoms with van der Waals surface area (Å²) in [6.45, 7) is 2.68. The summed E-state index contributed by atoms with van der Waals surface area (Å²) in [5.74, 6) is -1.01. The summed E-state index contributed by atoms with van der Waals surface area (Å²) in [5.41, 5.74) is 5.24. The summed E-state index contributed by atoms with van der Waals surface area (Å²) in [7, 11) is -4.32. The van der Waals surface area contributed by atoms with Crippen molar-refractivity contribution in [3.05, 3.63) is 0 Å². The second-order valence-electron chi connectivity index (χ2n) is 12.2. The molecule has 0 aliphatic rings. The van der Waals surface area contributed by atoms with Crippen molar-refractivity contribution in [1.82, 2.24) is 0 Å². The molecule has 0 bridgehead atoms. The highest BCUT2D eigenvalue weighted by molar-refractivity contribution is 7.47. The van der Waals surface area contributed by atoms with Gasteiger partial charge in [-0.25, -0.2) is 4.57 Å². The summed E-state index contributed by atoms with van der Waals surface area (Å²) in [4.78, 5) is 32.9. The number of hydrogen-bond donors (Lipinski definition) is 2. The summed E-state index contributed by atoms with van der Waals surface area (Å²) < 4.78 is 31.4. The van der Waals surface area contributed by atoms with Crippen LogP contribution in [0.3, 0.4) is 0 Å². The van der Waals surface area contributed by atoms with Gasteiger partial charge in [0, 0.05) is 19.9 Å². The van der Waals surface area contributed by atoms with Crippen LogP contribution in [0.2, 0.25) is 0 Å². The maximum atomic E-state index is 12.1. The fourth-order valence-electron chi connectivity index (χ4n) is 5.22. The zero-order chi connectivity index (χ0) is 32.6. The Kier molecular flexibility index (Phi) is 31.3.